The molecule has 6 heteroatoms. The van der Waals surface area contributed by atoms with Crippen molar-refractivity contribution in [2.45, 2.75) is 0 Å². The smallest absolute Gasteiger partial charge is 0.261 e. The first-order valence-electron chi connectivity index (χ1n) is 7.24. The molecule has 3 aromatic rings. The maximum absolute atomic E-state index is 13.5. The quantitative estimate of drug-likeness (QED) is 0.805. The van der Waals surface area contributed by atoms with E-state index in [1.807, 2.05) is 0 Å². The van der Waals surface area contributed by atoms with Crippen LogP contribution < -0.4 is 15.5 Å². The third-order valence-corrected chi connectivity index (χ3v) is 3.75. The van der Waals surface area contributed by atoms with Crippen LogP contribution >= 0.6 is 0 Å². The highest BCUT2D eigenvalue weighted by Gasteiger charge is 2.16. The van der Waals surface area contributed by atoms with Crippen LogP contribution in [0.15, 0.2) is 53.5 Å². The number of hydrogen-bond donors (Lipinski definition) is 1. The van der Waals surface area contributed by atoms with Crippen molar-refractivity contribution >= 4 is 22.5 Å². The van der Waals surface area contributed by atoms with Crippen LogP contribution in [0.4, 0.5) is 10.1 Å². The molecule has 1 aromatic heterocycles. The van der Waals surface area contributed by atoms with Gasteiger partial charge in [-0.15, -0.1) is 0 Å². The van der Waals surface area contributed by atoms with Crippen LogP contribution in [0.2, 0.25) is 0 Å². The summed E-state index contributed by atoms with van der Waals surface area (Å²) in [5, 5.41) is 2.81. The molecule has 0 bridgehead atoms. The minimum Gasteiger partial charge on any atom is -0.495 e. The minimum atomic E-state index is -0.578. The number of aromatic nitrogens is 1. The Balaban J connectivity index is 2.07. The highest BCUT2D eigenvalue weighted by Crippen LogP contribution is 2.23. The molecular formula is C18H15FN2O3. The average Bonchev–Trinajstić information content (AvgIpc) is 2.58. The van der Waals surface area contributed by atoms with Gasteiger partial charge in [-0.25, -0.2) is 4.39 Å². The summed E-state index contributed by atoms with van der Waals surface area (Å²) < 4.78 is 20.3. The Morgan fingerprint density at radius 2 is 1.96 bits per heavy atom. The Morgan fingerprint density at radius 1 is 1.21 bits per heavy atom. The number of hydrogen-bond acceptors (Lipinski definition) is 3. The lowest BCUT2D eigenvalue weighted by Crippen LogP contribution is -2.23. The van der Waals surface area contributed by atoms with E-state index in [2.05, 4.69) is 5.32 Å². The Hall–Kier alpha value is -3.15. The van der Waals surface area contributed by atoms with E-state index in [1.54, 1.807) is 35.9 Å². The molecule has 0 aliphatic carbocycles. The van der Waals surface area contributed by atoms with Gasteiger partial charge < -0.3 is 14.6 Å². The van der Waals surface area contributed by atoms with E-state index >= 15 is 0 Å². The van der Waals surface area contributed by atoms with E-state index in [0.717, 1.165) is 6.07 Å². The number of nitrogens with zero attached hydrogens (tertiary/aromatic N) is 1. The number of ether oxygens (including phenoxy) is 1. The van der Waals surface area contributed by atoms with Crippen molar-refractivity contribution < 1.29 is 13.9 Å². The normalized spacial score (nSPS) is 10.6. The molecule has 0 fully saturated rings. The fourth-order valence-electron chi connectivity index (χ4n) is 2.56. The molecule has 24 heavy (non-hydrogen) atoms. The van der Waals surface area contributed by atoms with Crippen molar-refractivity contribution in [1.29, 1.82) is 0 Å². The molecule has 0 atom stereocenters. The number of carbonyl (C=O) groups is 1. The molecule has 0 aliphatic heterocycles. The predicted molar refractivity (Wildman–Crippen MR) is 90.1 cm³/mol. The van der Waals surface area contributed by atoms with E-state index in [0.29, 0.717) is 17.0 Å². The number of nitrogens with one attached hydrogen (secondary N) is 1. The lowest BCUT2D eigenvalue weighted by atomic mass is 10.1. The Labute approximate surface area is 137 Å². The lowest BCUT2D eigenvalue weighted by molar-refractivity contribution is 0.102. The number of rotatable bonds is 3. The summed E-state index contributed by atoms with van der Waals surface area (Å²) >= 11 is 0. The van der Waals surface area contributed by atoms with Gasteiger partial charge in [0, 0.05) is 18.6 Å². The van der Waals surface area contributed by atoms with Crippen LogP contribution in [-0.4, -0.2) is 17.6 Å². The number of amides is 1. The topological polar surface area (TPSA) is 60.3 Å². The van der Waals surface area contributed by atoms with Crippen LogP contribution in [-0.2, 0) is 7.05 Å². The highest BCUT2D eigenvalue weighted by molar-refractivity contribution is 6.06. The summed E-state index contributed by atoms with van der Waals surface area (Å²) in [6.07, 6.45) is 1.44. The van der Waals surface area contributed by atoms with Gasteiger partial charge in [0.2, 0.25) is 5.43 Å². The summed E-state index contributed by atoms with van der Waals surface area (Å²) in [4.78, 5) is 25.1. The van der Waals surface area contributed by atoms with E-state index in [4.69, 9.17) is 4.74 Å². The molecule has 1 amide bonds. The van der Waals surface area contributed by atoms with Crippen LogP contribution in [0.5, 0.6) is 5.75 Å². The third kappa shape index (κ3) is 2.74. The molecule has 122 valence electrons. The van der Waals surface area contributed by atoms with Crippen LogP contribution in [0.1, 0.15) is 10.4 Å². The van der Waals surface area contributed by atoms with E-state index < -0.39 is 17.2 Å². The first kappa shape index (κ1) is 15.7. The average molecular weight is 326 g/mol. The molecule has 0 unspecified atom stereocenters. The van der Waals surface area contributed by atoms with E-state index in [9.17, 15) is 14.0 Å². The fraction of sp³-hybridized carbons (Fsp3) is 0.111. The maximum Gasteiger partial charge on any atom is 0.261 e. The molecule has 0 radical (unpaired) electrons. The Morgan fingerprint density at radius 3 is 2.71 bits per heavy atom. The van der Waals surface area contributed by atoms with Gasteiger partial charge in [-0.1, -0.05) is 12.1 Å². The third-order valence-electron chi connectivity index (χ3n) is 3.75. The summed E-state index contributed by atoms with van der Waals surface area (Å²) in [6.45, 7) is 0. The molecule has 0 saturated carbocycles. The van der Waals surface area contributed by atoms with Crippen molar-refractivity contribution in [1.82, 2.24) is 4.57 Å². The first-order valence-corrected chi connectivity index (χ1v) is 7.24. The summed E-state index contributed by atoms with van der Waals surface area (Å²) in [5.74, 6) is -0.623. The fourth-order valence-corrected chi connectivity index (χ4v) is 2.56. The Kier molecular flexibility index (Phi) is 4.04. The van der Waals surface area contributed by atoms with Crippen molar-refractivity contribution in [3.05, 3.63) is 70.3 Å². The van der Waals surface area contributed by atoms with Gasteiger partial charge in [0.15, 0.2) is 0 Å². The first-order chi connectivity index (χ1) is 11.5. The van der Waals surface area contributed by atoms with Gasteiger partial charge in [-0.2, -0.15) is 0 Å². The standard InChI is InChI=1S/C18H15FN2O3/c1-21-10-13(17(22)12-9-11(19)7-8-15(12)21)18(23)20-14-5-3-4-6-16(14)24-2/h3-10H,1-2H3,(H,20,23). The maximum atomic E-state index is 13.5. The predicted octanol–water partition coefficient (Wildman–Crippen LogP) is 2.94. The zero-order chi connectivity index (χ0) is 17.3. The molecule has 2 aromatic carbocycles. The molecule has 1 heterocycles. The molecule has 1 N–H and O–H groups in total. The molecular weight excluding hydrogens is 311 g/mol. The number of benzene rings is 2. The second-order valence-corrected chi connectivity index (χ2v) is 5.30. The summed E-state index contributed by atoms with van der Waals surface area (Å²) in [5.41, 5.74) is 0.415. The number of fused-ring (bicyclic) bond motifs is 1. The molecule has 0 saturated heterocycles. The van der Waals surface area contributed by atoms with Crippen molar-refractivity contribution in [2.75, 3.05) is 12.4 Å². The molecule has 5 nitrogen and oxygen atoms in total. The number of methoxy groups -OCH3 is 1. The van der Waals surface area contributed by atoms with Gasteiger partial charge in [0.05, 0.1) is 18.3 Å². The zero-order valence-electron chi connectivity index (χ0n) is 13.2. The van der Waals surface area contributed by atoms with Crippen molar-refractivity contribution in [3.8, 4) is 5.75 Å². The number of para-hydroxylation sites is 2. The monoisotopic (exact) mass is 326 g/mol. The van der Waals surface area contributed by atoms with Gasteiger partial charge in [-0.05, 0) is 30.3 Å². The number of anilines is 1. The SMILES string of the molecule is COc1ccccc1NC(=O)c1cn(C)c2ccc(F)cc2c1=O. The summed E-state index contributed by atoms with van der Waals surface area (Å²) in [6, 6.07) is 10.8. The van der Waals surface area contributed by atoms with Gasteiger partial charge >= 0.3 is 0 Å². The van der Waals surface area contributed by atoms with Gasteiger partial charge in [-0.3, -0.25) is 9.59 Å². The van der Waals surface area contributed by atoms with Crippen LogP contribution in [0, 0.1) is 5.82 Å². The van der Waals surface area contributed by atoms with Crippen molar-refractivity contribution in [3.63, 3.8) is 0 Å². The second-order valence-electron chi connectivity index (χ2n) is 5.30. The Bertz CT molecular complexity index is 995. The largest absolute Gasteiger partial charge is 0.495 e. The molecule has 0 aliphatic rings. The van der Waals surface area contributed by atoms with Gasteiger partial charge in [0.25, 0.3) is 5.91 Å². The number of halogens is 1. The van der Waals surface area contributed by atoms with Crippen LogP contribution in [0.25, 0.3) is 10.9 Å². The number of pyridine rings is 1. The lowest BCUT2D eigenvalue weighted by Gasteiger charge is -2.11. The van der Waals surface area contributed by atoms with Crippen molar-refractivity contribution in [2.24, 2.45) is 7.05 Å². The number of carbonyl (C=O) groups excluding carboxylic acids is 1. The van der Waals surface area contributed by atoms with Gasteiger partial charge in [0.1, 0.15) is 17.1 Å². The molecule has 3 rings (SSSR count). The second kappa shape index (κ2) is 6.16. The minimum absolute atomic E-state index is 0.0680. The van der Waals surface area contributed by atoms with Crippen LogP contribution in [0.3, 0.4) is 0 Å². The zero-order valence-corrected chi connectivity index (χ0v) is 13.2. The summed E-state index contributed by atoms with van der Waals surface area (Å²) in [7, 11) is 3.18. The molecule has 0 spiro atoms. The highest BCUT2D eigenvalue weighted by atomic mass is 19.1. The van der Waals surface area contributed by atoms with E-state index in [1.165, 1.54) is 25.4 Å². The number of aryl methyl sites for hydroxylation is 1. The van der Waals surface area contributed by atoms with E-state index in [-0.39, 0.29) is 10.9 Å².